The summed E-state index contributed by atoms with van der Waals surface area (Å²) in [6.45, 7) is 2.71. The lowest BCUT2D eigenvalue weighted by atomic mass is 9.94. The number of hydrogen-bond donors (Lipinski definition) is 1. The highest BCUT2D eigenvalue weighted by molar-refractivity contribution is 7.10. The quantitative estimate of drug-likeness (QED) is 0.761. The van der Waals surface area contributed by atoms with E-state index in [-0.39, 0.29) is 23.7 Å². The Labute approximate surface area is 180 Å². The van der Waals surface area contributed by atoms with Crippen LogP contribution in [0.5, 0.6) is 0 Å². The highest BCUT2D eigenvalue weighted by atomic mass is 32.1. The first kappa shape index (κ1) is 21.0. The molecule has 1 aromatic carbocycles. The Morgan fingerprint density at radius 1 is 1.07 bits per heavy atom. The predicted octanol–water partition coefficient (Wildman–Crippen LogP) is 3.77. The Bertz CT molecular complexity index is 842. The minimum absolute atomic E-state index is 0.0214. The summed E-state index contributed by atoms with van der Waals surface area (Å²) in [5.74, 6) is 0.152. The third kappa shape index (κ3) is 5.08. The molecule has 30 heavy (non-hydrogen) atoms. The topological polar surface area (TPSA) is 52.7 Å². The van der Waals surface area contributed by atoms with Crippen molar-refractivity contribution in [1.29, 1.82) is 0 Å². The molecule has 4 rings (SSSR count). The average Bonchev–Trinajstić information content (AvgIpc) is 3.45. The van der Waals surface area contributed by atoms with Crippen molar-refractivity contribution in [3.8, 4) is 0 Å². The van der Waals surface area contributed by atoms with Gasteiger partial charge in [0.2, 0.25) is 11.8 Å². The number of nitrogens with one attached hydrogen (secondary N) is 1. The van der Waals surface area contributed by atoms with Crippen LogP contribution in [-0.4, -0.2) is 53.8 Å². The van der Waals surface area contributed by atoms with Gasteiger partial charge in [-0.2, -0.15) is 0 Å². The maximum atomic E-state index is 13.2. The fraction of sp³-hybridized carbons (Fsp3) is 0.478. The molecule has 0 spiro atoms. The van der Waals surface area contributed by atoms with Crippen molar-refractivity contribution in [1.82, 2.24) is 9.80 Å². The number of thiophene rings is 1. The van der Waals surface area contributed by atoms with Crippen LogP contribution in [0, 0.1) is 11.7 Å². The number of amides is 2. The fourth-order valence-electron chi connectivity index (χ4n) is 4.62. The fourth-order valence-corrected chi connectivity index (χ4v) is 5.32. The summed E-state index contributed by atoms with van der Waals surface area (Å²) in [5.41, 5.74) is 0.620. The van der Waals surface area contributed by atoms with E-state index in [9.17, 15) is 14.0 Å². The second-order valence-corrected chi connectivity index (χ2v) is 9.19. The molecule has 7 heteroatoms. The molecule has 1 unspecified atom stereocenters. The first-order valence-corrected chi connectivity index (χ1v) is 11.6. The molecule has 1 N–H and O–H groups in total. The number of nitrogens with zero attached hydrogens (tertiary/aromatic N) is 2. The second kappa shape index (κ2) is 9.71. The predicted molar refractivity (Wildman–Crippen MR) is 117 cm³/mol. The van der Waals surface area contributed by atoms with Gasteiger partial charge in [-0.05, 0) is 54.5 Å². The van der Waals surface area contributed by atoms with E-state index in [0.717, 1.165) is 30.6 Å². The van der Waals surface area contributed by atoms with E-state index in [1.807, 2.05) is 22.4 Å². The molecule has 1 saturated carbocycles. The van der Waals surface area contributed by atoms with E-state index in [1.54, 1.807) is 23.5 Å². The first-order valence-electron chi connectivity index (χ1n) is 10.7. The van der Waals surface area contributed by atoms with Gasteiger partial charge in [-0.15, -0.1) is 11.3 Å². The van der Waals surface area contributed by atoms with Crippen LogP contribution in [0.25, 0.3) is 0 Å². The Kier molecular flexibility index (Phi) is 6.79. The molecule has 160 valence electrons. The first-order chi connectivity index (χ1) is 14.6. The maximum absolute atomic E-state index is 13.2. The summed E-state index contributed by atoms with van der Waals surface area (Å²) in [6, 6.07) is 9.68. The lowest BCUT2D eigenvalue weighted by Gasteiger charge is -2.40. The molecule has 2 fully saturated rings. The Balaban J connectivity index is 1.38. The SMILES string of the molecule is O=C(Nc1ccc(F)cc1)C(C1CCCC1)N1CCN(C(=O)Cc2cccs2)CC1. The molecular weight excluding hydrogens is 401 g/mol. The molecule has 1 atom stereocenters. The molecular formula is C23H28FN3O2S. The molecule has 2 aliphatic rings. The van der Waals surface area contributed by atoms with Crippen molar-refractivity contribution in [3.63, 3.8) is 0 Å². The third-order valence-corrected chi connectivity index (χ3v) is 7.07. The summed E-state index contributed by atoms with van der Waals surface area (Å²) in [7, 11) is 0. The molecule has 0 bridgehead atoms. The number of carbonyl (C=O) groups is 2. The van der Waals surface area contributed by atoms with Crippen molar-refractivity contribution in [2.75, 3.05) is 31.5 Å². The van der Waals surface area contributed by atoms with Gasteiger partial charge in [-0.3, -0.25) is 14.5 Å². The molecule has 1 aromatic heterocycles. The van der Waals surface area contributed by atoms with Crippen LogP contribution in [0.4, 0.5) is 10.1 Å². The Hall–Kier alpha value is -2.25. The Morgan fingerprint density at radius 2 is 1.77 bits per heavy atom. The van der Waals surface area contributed by atoms with Gasteiger partial charge in [0.15, 0.2) is 0 Å². The largest absolute Gasteiger partial charge is 0.340 e. The minimum Gasteiger partial charge on any atom is -0.340 e. The summed E-state index contributed by atoms with van der Waals surface area (Å²) in [4.78, 5) is 31.0. The van der Waals surface area contributed by atoms with E-state index < -0.39 is 0 Å². The zero-order chi connectivity index (χ0) is 20.9. The molecule has 1 aliphatic heterocycles. The third-order valence-electron chi connectivity index (χ3n) is 6.19. The number of hydrogen-bond acceptors (Lipinski definition) is 4. The maximum Gasteiger partial charge on any atom is 0.242 e. The van der Waals surface area contributed by atoms with Gasteiger partial charge in [0.05, 0.1) is 12.5 Å². The van der Waals surface area contributed by atoms with Crippen molar-refractivity contribution in [2.24, 2.45) is 5.92 Å². The van der Waals surface area contributed by atoms with Crippen LogP contribution in [0.15, 0.2) is 41.8 Å². The standard InChI is InChI=1S/C23H28FN3O2S/c24-18-7-9-19(10-8-18)25-23(29)22(17-4-1-2-5-17)27-13-11-26(12-14-27)21(28)16-20-6-3-15-30-20/h3,6-10,15,17,22H,1-2,4-5,11-14,16H2,(H,25,29). The van der Waals surface area contributed by atoms with Crippen LogP contribution >= 0.6 is 11.3 Å². The summed E-state index contributed by atoms with van der Waals surface area (Å²) >= 11 is 1.61. The van der Waals surface area contributed by atoms with Crippen LogP contribution < -0.4 is 5.32 Å². The van der Waals surface area contributed by atoms with E-state index in [4.69, 9.17) is 0 Å². The number of anilines is 1. The monoisotopic (exact) mass is 429 g/mol. The zero-order valence-corrected chi connectivity index (χ0v) is 17.9. The average molecular weight is 430 g/mol. The van der Waals surface area contributed by atoms with Gasteiger partial charge in [0.1, 0.15) is 5.82 Å². The van der Waals surface area contributed by atoms with E-state index in [2.05, 4.69) is 10.2 Å². The smallest absolute Gasteiger partial charge is 0.242 e. The Morgan fingerprint density at radius 3 is 2.40 bits per heavy atom. The number of carbonyl (C=O) groups excluding carboxylic acids is 2. The van der Waals surface area contributed by atoms with Gasteiger partial charge in [-0.25, -0.2) is 4.39 Å². The number of piperazine rings is 1. The number of benzene rings is 1. The van der Waals surface area contributed by atoms with E-state index in [0.29, 0.717) is 44.2 Å². The van der Waals surface area contributed by atoms with Gasteiger partial charge >= 0.3 is 0 Å². The lowest BCUT2D eigenvalue weighted by Crippen LogP contribution is -2.57. The van der Waals surface area contributed by atoms with E-state index >= 15 is 0 Å². The normalized spacial score (nSPS) is 19.0. The van der Waals surface area contributed by atoms with Crippen molar-refractivity contribution >= 4 is 28.8 Å². The highest BCUT2D eigenvalue weighted by Gasteiger charge is 2.37. The summed E-state index contributed by atoms with van der Waals surface area (Å²) < 4.78 is 13.2. The van der Waals surface area contributed by atoms with Gasteiger partial charge in [0, 0.05) is 36.7 Å². The molecule has 0 radical (unpaired) electrons. The van der Waals surface area contributed by atoms with Crippen molar-refractivity contribution < 1.29 is 14.0 Å². The zero-order valence-electron chi connectivity index (χ0n) is 17.1. The molecule has 2 amide bonds. The molecule has 5 nitrogen and oxygen atoms in total. The molecule has 2 aromatic rings. The van der Waals surface area contributed by atoms with Gasteiger partial charge < -0.3 is 10.2 Å². The van der Waals surface area contributed by atoms with Crippen LogP contribution in [-0.2, 0) is 16.0 Å². The lowest BCUT2D eigenvalue weighted by molar-refractivity contribution is -0.133. The second-order valence-electron chi connectivity index (χ2n) is 8.16. The molecule has 2 heterocycles. The molecule has 1 saturated heterocycles. The van der Waals surface area contributed by atoms with Crippen LogP contribution in [0.3, 0.4) is 0 Å². The van der Waals surface area contributed by atoms with Crippen molar-refractivity contribution in [3.05, 3.63) is 52.5 Å². The molecule has 1 aliphatic carbocycles. The summed E-state index contributed by atoms with van der Waals surface area (Å²) in [5, 5.41) is 4.97. The minimum atomic E-state index is -0.316. The number of halogens is 1. The van der Waals surface area contributed by atoms with Crippen molar-refractivity contribution in [2.45, 2.75) is 38.1 Å². The summed E-state index contributed by atoms with van der Waals surface area (Å²) in [6.07, 6.45) is 4.88. The van der Waals surface area contributed by atoms with E-state index in [1.165, 1.54) is 12.1 Å². The van der Waals surface area contributed by atoms with Gasteiger partial charge in [0.25, 0.3) is 0 Å². The number of rotatable bonds is 6. The van der Waals surface area contributed by atoms with Crippen LogP contribution in [0.1, 0.15) is 30.6 Å². The highest BCUT2D eigenvalue weighted by Crippen LogP contribution is 2.31. The van der Waals surface area contributed by atoms with Crippen LogP contribution in [0.2, 0.25) is 0 Å². The van der Waals surface area contributed by atoms with Gasteiger partial charge in [-0.1, -0.05) is 18.9 Å².